The number of carbonyl (C=O) groups is 2. The molecule has 0 atom stereocenters. The van der Waals surface area contributed by atoms with Crippen LogP contribution >= 0.6 is 0 Å². The molecule has 3 heteroatoms. The van der Waals surface area contributed by atoms with Crippen LogP contribution in [0, 0.1) is 11.8 Å². The molecule has 0 spiro atoms. The zero-order valence-corrected chi connectivity index (χ0v) is 6.02. The summed E-state index contributed by atoms with van der Waals surface area (Å²) in [5, 5.41) is 2.15. The number of carbonyl (C=O) groups excluding carboxylic acids is 2. The first-order valence-electron chi connectivity index (χ1n) is 3.12. The van der Waals surface area contributed by atoms with Crippen molar-refractivity contribution < 1.29 is 9.59 Å². The summed E-state index contributed by atoms with van der Waals surface area (Å²) in [5.74, 6) is -0.616. The minimum Gasteiger partial charge on any atom is -0.296 e. The van der Waals surface area contributed by atoms with E-state index in [0.717, 1.165) is 0 Å². The molecule has 1 fully saturated rings. The third-order valence-electron chi connectivity index (χ3n) is 1.31. The number of hydrogen-bond acceptors (Lipinski definition) is 2. The summed E-state index contributed by atoms with van der Waals surface area (Å²) in [4.78, 5) is 21.4. The Morgan fingerprint density at radius 3 is 2.50 bits per heavy atom. The molecule has 0 bridgehead atoms. The molecule has 0 aliphatic carbocycles. The Morgan fingerprint density at radius 2 is 2.10 bits per heavy atom. The molecule has 10 heavy (non-hydrogen) atoms. The maximum Gasteiger partial charge on any atom is 0.235 e. The number of hydrogen-bond donors (Lipinski definition) is 1. The number of amides is 2. The zero-order chi connectivity index (χ0) is 7.78. The lowest BCUT2D eigenvalue weighted by molar-refractivity contribution is -0.133. The van der Waals surface area contributed by atoms with Gasteiger partial charge < -0.3 is 0 Å². The third kappa shape index (κ3) is 1.56. The van der Waals surface area contributed by atoms with E-state index in [1.165, 1.54) is 0 Å². The molecule has 1 saturated heterocycles. The summed E-state index contributed by atoms with van der Waals surface area (Å²) in [7, 11) is 0. The number of imide groups is 1. The van der Waals surface area contributed by atoms with E-state index in [1.54, 1.807) is 0 Å². The molecule has 1 aliphatic rings. The molecule has 2 amide bonds. The van der Waals surface area contributed by atoms with Crippen molar-refractivity contribution in [2.24, 2.45) is 5.41 Å². The van der Waals surface area contributed by atoms with Crippen molar-refractivity contribution in [3.8, 4) is 0 Å². The fourth-order valence-corrected chi connectivity index (χ4v) is 0.955. The molecule has 0 aromatic rings. The Morgan fingerprint density at radius 1 is 1.50 bits per heavy atom. The second-order valence-electron chi connectivity index (χ2n) is 3.06. The van der Waals surface area contributed by atoms with Crippen LogP contribution in [0.3, 0.4) is 0 Å². The molecule has 2 radical (unpaired) electrons. The van der Waals surface area contributed by atoms with Crippen LogP contribution in [0.4, 0.5) is 0 Å². The predicted molar refractivity (Wildman–Crippen MR) is 34.8 cm³/mol. The van der Waals surface area contributed by atoms with Crippen molar-refractivity contribution in [1.29, 1.82) is 0 Å². The van der Waals surface area contributed by atoms with Gasteiger partial charge in [-0.05, 0) is 5.41 Å². The maximum absolute atomic E-state index is 10.7. The molecule has 0 aromatic heterocycles. The van der Waals surface area contributed by atoms with Crippen LogP contribution in [0.2, 0.25) is 0 Å². The van der Waals surface area contributed by atoms with Gasteiger partial charge in [0.2, 0.25) is 11.8 Å². The second-order valence-corrected chi connectivity index (χ2v) is 3.06. The monoisotopic (exact) mass is 139 g/mol. The lowest BCUT2D eigenvalue weighted by Gasteiger charge is -2.26. The van der Waals surface area contributed by atoms with Crippen molar-refractivity contribution in [3.05, 3.63) is 6.42 Å². The van der Waals surface area contributed by atoms with Crippen molar-refractivity contribution in [2.75, 3.05) is 0 Å². The number of nitrogens with one attached hydrogen (secondary N) is 1. The Hall–Kier alpha value is -0.860. The maximum atomic E-state index is 10.7. The van der Waals surface area contributed by atoms with E-state index in [-0.39, 0.29) is 11.3 Å². The van der Waals surface area contributed by atoms with Crippen molar-refractivity contribution >= 4 is 11.8 Å². The highest BCUT2D eigenvalue weighted by atomic mass is 16.2. The van der Waals surface area contributed by atoms with E-state index in [2.05, 4.69) is 11.7 Å². The molecular weight excluding hydrogens is 130 g/mol. The first-order valence-corrected chi connectivity index (χ1v) is 3.12. The summed E-state index contributed by atoms with van der Waals surface area (Å²) < 4.78 is 0. The third-order valence-corrected chi connectivity index (χ3v) is 1.31. The lowest BCUT2D eigenvalue weighted by Crippen LogP contribution is -2.42. The topological polar surface area (TPSA) is 46.2 Å². The Balaban J connectivity index is 2.68. The molecule has 1 N–H and O–H groups in total. The summed E-state index contributed by atoms with van der Waals surface area (Å²) >= 11 is 0. The van der Waals surface area contributed by atoms with Gasteiger partial charge in [0.1, 0.15) is 0 Å². The van der Waals surface area contributed by atoms with Gasteiger partial charge in [0.15, 0.2) is 0 Å². The molecule has 0 unspecified atom stereocenters. The predicted octanol–water partition coefficient (Wildman–Crippen LogP) is 0.140. The van der Waals surface area contributed by atoms with E-state index in [9.17, 15) is 9.59 Å². The molecule has 54 valence electrons. The largest absolute Gasteiger partial charge is 0.296 e. The summed E-state index contributed by atoms with van der Waals surface area (Å²) in [6, 6.07) is 0. The highest BCUT2D eigenvalue weighted by Gasteiger charge is 2.32. The molecule has 1 rings (SSSR count). The second kappa shape index (κ2) is 2.08. The minimum atomic E-state index is -0.402. The van der Waals surface area contributed by atoms with Crippen LogP contribution in [-0.2, 0) is 9.59 Å². The average Bonchev–Trinajstić information content (AvgIpc) is 1.54. The van der Waals surface area contributed by atoms with E-state index in [1.807, 2.05) is 13.8 Å². The van der Waals surface area contributed by atoms with Gasteiger partial charge in [0.25, 0.3) is 0 Å². The van der Waals surface area contributed by atoms with E-state index in [4.69, 9.17) is 0 Å². The first-order chi connectivity index (χ1) is 4.49. The molecule has 1 heterocycles. The van der Waals surface area contributed by atoms with Crippen molar-refractivity contribution in [3.63, 3.8) is 0 Å². The molecule has 0 aromatic carbocycles. The van der Waals surface area contributed by atoms with Gasteiger partial charge in [-0.1, -0.05) is 13.8 Å². The normalized spacial score (nSPS) is 24.2. The number of piperidine rings is 1. The Labute approximate surface area is 59.8 Å². The molecule has 3 nitrogen and oxygen atoms in total. The van der Waals surface area contributed by atoms with Crippen LogP contribution < -0.4 is 5.32 Å². The fraction of sp³-hybridized carbons (Fsp3) is 0.571. The average molecular weight is 139 g/mol. The van der Waals surface area contributed by atoms with Crippen molar-refractivity contribution in [1.82, 2.24) is 5.32 Å². The van der Waals surface area contributed by atoms with Crippen LogP contribution in [0.15, 0.2) is 0 Å². The van der Waals surface area contributed by atoms with Gasteiger partial charge in [-0.2, -0.15) is 0 Å². The smallest absolute Gasteiger partial charge is 0.235 e. The Bertz CT molecular complexity index is 166. The van der Waals surface area contributed by atoms with E-state index >= 15 is 0 Å². The standard InChI is InChI=1S/C7H9NO2/c1-7(2)3-5(9)8-6(10)4-7/h3H2,1-2H3,(H,8,9,10). The van der Waals surface area contributed by atoms with Crippen LogP contribution in [-0.4, -0.2) is 11.8 Å². The zero-order valence-electron chi connectivity index (χ0n) is 6.02. The fourth-order valence-electron chi connectivity index (χ4n) is 0.955. The van der Waals surface area contributed by atoms with E-state index in [0.29, 0.717) is 6.42 Å². The summed E-state index contributed by atoms with van der Waals surface area (Å²) in [5.41, 5.74) is -0.389. The van der Waals surface area contributed by atoms with E-state index < -0.39 is 5.91 Å². The highest BCUT2D eigenvalue weighted by Crippen LogP contribution is 2.26. The summed E-state index contributed by atoms with van der Waals surface area (Å²) in [6.45, 7) is 3.62. The summed E-state index contributed by atoms with van der Waals surface area (Å²) in [6.07, 6.45) is 2.96. The van der Waals surface area contributed by atoms with Gasteiger partial charge in [-0.25, -0.2) is 0 Å². The van der Waals surface area contributed by atoms with Gasteiger partial charge >= 0.3 is 0 Å². The van der Waals surface area contributed by atoms with Gasteiger partial charge in [-0.15, -0.1) is 0 Å². The SMILES string of the molecule is CC1(C)[C]C(=O)NC(=O)C1. The number of rotatable bonds is 0. The molecule has 0 saturated carbocycles. The lowest BCUT2D eigenvalue weighted by atomic mass is 9.83. The van der Waals surface area contributed by atoms with Crippen LogP contribution in [0.5, 0.6) is 0 Å². The van der Waals surface area contributed by atoms with Gasteiger partial charge in [0.05, 0.1) is 6.42 Å². The van der Waals surface area contributed by atoms with Gasteiger partial charge in [-0.3, -0.25) is 14.9 Å². The van der Waals surface area contributed by atoms with Crippen LogP contribution in [0.1, 0.15) is 20.3 Å². The molecular formula is C7H9NO2. The Kier molecular flexibility index (Phi) is 1.50. The first kappa shape index (κ1) is 7.25. The minimum absolute atomic E-state index is 0.214. The highest BCUT2D eigenvalue weighted by molar-refractivity contribution is 6.03. The molecule has 1 aliphatic heterocycles. The van der Waals surface area contributed by atoms with Crippen molar-refractivity contribution in [2.45, 2.75) is 20.3 Å². The quantitative estimate of drug-likeness (QED) is 0.485. The van der Waals surface area contributed by atoms with Gasteiger partial charge in [0, 0.05) is 6.42 Å². The van der Waals surface area contributed by atoms with Crippen LogP contribution in [0.25, 0.3) is 0 Å².